The smallest absolute Gasteiger partial charge is 0.117 e. The number of rotatable bonds is 3. The van der Waals surface area contributed by atoms with E-state index >= 15 is 0 Å². The Bertz CT molecular complexity index is 556. The number of hydrogen-bond donors (Lipinski definition) is 4. The van der Waals surface area contributed by atoms with Crippen molar-refractivity contribution in [3.63, 3.8) is 0 Å². The first-order valence-electron chi connectivity index (χ1n) is 6.12. The molecule has 0 heterocycles. The number of hydrogen-bond acceptors (Lipinski definition) is 4. The largest absolute Gasteiger partial charge is 0.508 e. The highest BCUT2D eigenvalue weighted by Gasteiger charge is 2.10. The second-order valence-corrected chi connectivity index (χ2v) is 4.90. The van der Waals surface area contributed by atoms with Crippen LogP contribution in [0.25, 0.3) is 0 Å². The number of benzene rings is 2. The molecule has 0 saturated heterocycles. The summed E-state index contributed by atoms with van der Waals surface area (Å²) in [5.41, 5.74) is 14.4. The monoisotopic (exact) mass is 258 g/mol. The fourth-order valence-corrected chi connectivity index (χ4v) is 2.23. The summed E-state index contributed by atoms with van der Waals surface area (Å²) in [6.45, 7) is 2.04. The minimum absolute atomic E-state index is 0.163. The number of nitrogen functional groups attached to an aromatic ring is 2. The van der Waals surface area contributed by atoms with Gasteiger partial charge in [0.1, 0.15) is 11.5 Å². The van der Waals surface area contributed by atoms with E-state index in [0.717, 1.165) is 11.1 Å². The van der Waals surface area contributed by atoms with Crippen LogP contribution in [-0.2, 0) is 6.42 Å². The molecule has 0 radical (unpaired) electrons. The van der Waals surface area contributed by atoms with Gasteiger partial charge in [0.05, 0.1) is 0 Å². The molecule has 4 heteroatoms. The third-order valence-electron chi connectivity index (χ3n) is 3.07. The number of phenolic OH excluding ortho intramolecular Hbond substituents is 2. The van der Waals surface area contributed by atoms with Crippen LogP contribution in [0.3, 0.4) is 0 Å². The van der Waals surface area contributed by atoms with Gasteiger partial charge in [0.25, 0.3) is 0 Å². The van der Waals surface area contributed by atoms with Crippen molar-refractivity contribution < 1.29 is 10.2 Å². The normalized spacial score (nSPS) is 12.3. The number of nitrogens with two attached hydrogens (primary N) is 2. The van der Waals surface area contributed by atoms with Gasteiger partial charge in [-0.15, -0.1) is 0 Å². The molecule has 2 aromatic rings. The molecule has 1 unspecified atom stereocenters. The lowest BCUT2D eigenvalue weighted by Crippen LogP contribution is -2.00. The molecule has 0 aliphatic rings. The van der Waals surface area contributed by atoms with Gasteiger partial charge in [0.2, 0.25) is 0 Å². The molecule has 0 aliphatic carbocycles. The summed E-state index contributed by atoms with van der Waals surface area (Å²) in [6.07, 6.45) is 0.710. The van der Waals surface area contributed by atoms with Crippen molar-refractivity contribution in [3.8, 4) is 11.5 Å². The highest BCUT2D eigenvalue weighted by molar-refractivity contribution is 5.50. The second kappa shape index (κ2) is 5.10. The van der Waals surface area contributed by atoms with Crippen molar-refractivity contribution in [2.45, 2.75) is 19.3 Å². The molecule has 6 N–H and O–H groups in total. The molecule has 0 saturated carbocycles. The predicted octanol–water partition coefficient (Wildman–Crippen LogP) is 2.61. The molecule has 2 rings (SSSR count). The fourth-order valence-electron chi connectivity index (χ4n) is 2.23. The summed E-state index contributed by atoms with van der Waals surface area (Å²) in [7, 11) is 0. The molecular weight excluding hydrogens is 240 g/mol. The van der Waals surface area contributed by atoms with Gasteiger partial charge >= 0.3 is 0 Å². The maximum atomic E-state index is 9.56. The number of aromatic hydroxyl groups is 2. The van der Waals surface area contributed by atoms with Crippen molar-refractivity contribution >= 4 is 11.4 Å². The van der Waals surface area contributed by atoms with Gasteiger partial charge in [-0.3, -0.25) is 0 Å². The molecular formula is C15H18N2O2. The average Bonchev–Trinajstić information content (AvgIpc) is 2.25. The van der Waals surface area contributed by atoms with E-state index in [2.05, 4.69) is 0 Å². The summed E-state index contributed by atoms with van der Waals surface area (Å²) in [5, 5.41) is 19.1. The molecule has 0 fully saturated rings. The summed E-state index contributed by atoms with van der Waals surface area (Å²) in [6, 6.07) is 10.1. The van der Waals surface area contributed by atoms with E-state index in [1.807, 2.05) is 19.1 Å². The highest BCUT2D eigenvalue weighted by Crippen LogP contribution is 2.28. The Morgan fingerprint density at radius 2 is 1.47 bits per heavy atom. The number of anilines is 2. The van der Waals surface area contributed by atoms with Crippen molar-refractivity contribution in [1.82, 2.24) is 0 Å². The molecule has 0 spiro atoms. The van der Waals surface area contributed by atoms with Gasteiger partial charge in [-0.25, -0.2) is 0 Å². The number of phenols is 2. The topological polar surface area (TPSA) is 92.5 Å². The zero-order chi connectivity index (χ0) is 14.0. The lowest BCUT2D eigenvalue weighted by atomic mass is 9.93. The molecule has 19 heavy (non-hydrogen) atoms. The quantitative estimate of drug-likeness (QED) is 0.637. The first kappa shape index (κ1) is 13.1. The zero-order valence-corrected chi connectivity index (χ0v) is 10.8. The van der Waals surface area contributed by atoms with Crippen LogP contribution in [0.1, 0.15) is 24.0 Å². The van der Waals surface area contributed by atoms with Crippen molar-refractivity contribution in [2.75, 3.05) is 11.5 Å². The second-order valence-electron chi connectivity index (χ2n) is 4.90. The average molecular weight is 258 g/mol. The van der Waals surface area contributed by atoms with Crippen LogP contribution in [0.4, 0.5) is 11.4 Å². The minimum atomic E-state index is 0.163. The van der Waals surface area contributed by atoms with E-state index in [1.165, 1.54) is 12.1 Å². The summed E-state index contributed by atoms with van der Waals surface area (Å²) in [5.74, 6) is 0.491. The van der Waals surface area contributed by atoms with Crippen LogP contribution < -0.4 is 11.5 Å². The molecule has 2 aromatic carbocycles. The molecule has 0 aliphatic heterocycles. The maximum absolute atomic E-state index is 9.56. The van der Waals surface area contributed by atoms with Gasteiger partial charge in [-0.05, 0) is 47.7 Å². The SMILES string of the molecule is CC(Cc1cc(N)cc(O)c1)c1cc(N)cc(O)c1. The van der Waals surface area contributed by atoms with Crippen molar-refractivity contribution in [2.24, 2.45) is 0 Å². The third-order valence-corrected chi connectivity index (χ3v) is 3.07. The molecule has 0 bridgehead atoms. The Labute approximate surface area is 112 Å². The van der Waals surface area contributed by atoms with E-state index in [9.17, 15) is 10.2 Å². The first-order valence-corrected chi connectivity index (χ1v) is 6.12. The Kier molecular flexibility index (Phi) is 3.51. The molecule has 4 nitrogen and oxygen atoms in total. The standard InChI is InChI=1S/C15H18N2O2/c1-9(11-5-13(17)8-15(19)6-11)2-10-3-12(16)7-14(18)4-10/h3-9,18-19H,2,16-17H2,1H3. The van der Waals surface area contributed by atoms with Crippen LogP contribution in [0.15, 0.2) is 36.4 Å². The van der Waals surface area contributed by atoms with Gasteiger partial charge in [-0.2, -0.15) is 0 Å². The first-order chi connectivity index (χ1) is 8.94. The highest BCUT2D eigenvalue weighted by atomic mass is 16.3. The van der Waals surface area contributed by atoms with E-state index in [-0.39, 0.29) is 17.4 Å². The Morgan fingerprint density at radius 1 is 0.895 bits per heavy atom. The molecule has 0 aromatic heterocycles. The van der Waals surface area contributed by atoms with Crippen molar-refractivity contribution in [1.29, 1.82) is 0 Å². The van der Waals surface area contributed by atoms with Crippen LogP contribution in [0.2, 0.25) is 0 Å². The van der Waals surface area contributed by atoms with Gasteiger partial charge in [0, 0.05) is 23.5 Å². The van der Waals surface area contributed by atoms with E-state index < -0.39 is 0 Å². The van der Waals surface area contributed by atoms with E-state index in [1.54, 1.807) is 12.1 Å². The summed E-state index contributed by atoms with van der Waals surface area (Å²) < 4.78 is 0. The molecule has 0 amide bonds. The van der Waals surface area contributed by atoms with Gasteiger partial charge in [0.15, 0.2) is 0 Å². The van der Waals surface area contributed by atoms with Gasteiger partial charge < -0.3 is 21.7 Å². The van der Waals surface area contributed by atoms with Crippen molar-refractivity contribution in [3.05, 3.63) is 47.5 Å². The van der Waals surface area contributed by atoms with Crippen LogP contribution in [0, 0.1) is 0 Å². The third kappa shape index (κ3) is 3.31. The zero-order valence-electron chi connectivity index (χ0n) is 10.8. The summed E-state index contributed by atoms with van der Waals surface area (Å²) in [4.78, 5) is 0. The molecule has 1 atom stereocenters. The molecule has 100 valence electrons. The fraction of sp³-hybridized carbons (Fsp3) is 0.200. The Balaban J connectivity index is 2.22. The minimum Gasteiger partial charge on any atom is -0.508 e. The Hall–Kier alpha value is -2.36. The van der Waals surface area contributed by atoms with Crippen LogP contribution in [-0.4, -0.2) is 10.2 Å². The van der Waals surface area contributed by atoms with Crippen LogP contribution >= 0.6 is 0 Å². The lowest BCUT2D eigenvalue weighted by molar-refractivity contribution is 0.473. The maximum Gasteiger partial charge on any atom is 0.117 e. The Morgan fingerprint density at radius 3 is 2.05 bits per heavy atom. The van der Waals surface area contributed by atoms with Crippen LogP contribution in [0.5, 0.6) is 11.5 Å². The predicted molar refractivity (Wildman–Crippen MR) is 77.2 cm³/mol. The van der Waals surface area contributed by atoms with E-state index in [4.69, 9.17) is 11.5 Å². The van der Waals surface area contributed by atoms with E-state index in [0.29, 0.717) is 17.8 Å². The summed E-state index contributed by atoms with van der Waals surface area (Å²) >= 11 is 0. The lowest BCUT2D eigenvalue weighted by Gasteiger charge is -2.14. The van der Waals surface area contributed by atoms with Gasteiger partial charge in [-0.1, -0.05) is 6.92 Å².